The molecule has 2 aromatic carbocycles. The second-order valence-corrected chi connectivity index (χ2v) is 5.63. The molecule has 0 aliphatic heterocycles. The molecule has 2 rings (SSSR count). The summed E-state index contributed by atoms with van der Waals surface area (Å²) >= 11 is 0. The number of rotatable bonds is 7. The molecule has 2 aromatic rings. The van der Waals surface area contributed by atoms with Gasteiger partial charge in [-0.25, -0.2) is 5.43 Å². The second kappa shape index (κ2) is 8.89. The van der Waals surface area contributed by atoms with Crippen LogP contribution in [-0.4, -0.2) is 11.6 Å². The van der Waals surface area contributed by atoms with Crippen LogP contribution in [0.3, 0.4) is 0 Å². The highest BCUT2D eigenvalue weighted by Crippen LogP contribution is 2.19. The molecule has 0 aromatic heterocycles. The summed E-state index contributed by atoms with van der Waals surface area (Å²) in [6.45, 7) is 4.03. The Morgan fingerprint density at radius 1 is 0.957 bits per heavy atom. The topological polar surface area (TPSA) is 41.5 Å². The van der Waals surface area contributed by atoms with Crippen molar-refractivity contribution in [1.82, 2.24) is 5.43 Å². The van der Waals surface area contributed by atoms with Gasteiger partial charge in [0.2, 0.25) is 5.91 Å². The number of benzene rings is 2. The Bertz CT molecular complexity index is 645. The van der Waals surface area contributed by atoms with E-state index in [1.165, 1.54) is 11.1 Å². The maximum atomic E-state index is 11.7. The van der Waals surface area contributed by atoms with Gasteiger partial charge in [-0.05, 0) is 30.0 Å². The van der Waals surface area contributed by atoms with Gasteiger partial charge in [0.1, 0.15) is 0 Å². The van der Waals surface area contributed by atoms with Crippen LogP contribution in [0.25, 0.3) is 11.1 Å². The summed E-state index contributed by atoms with van der Waals surface area (Å²) in [5.41, 5.74) is 6.83. The molecule has 23 heavy (non-hydrogen) atoms. The minimum absolute atomic E-state index is 0.0151. The standard InChI is InChI=1S/C20H24N2O/c1-3-4-6-11-20(23)22-21-16(2)17-12-14-19(15-13-17)18-9-7-5-8-10-18/h5,7-10,12-15H,3-4,6,11H2,1-2H3,(H,22,23)/b21-16-. The number of hydrogen-bond acceptors (Lipinski definition) is 2. The van der Waals surface area contributed by atoms with Gasteiger partial charge in [-0.1, -0.05) is 74.4 Å². The lowest BCUT2D eigenvalue weighted by atomic mass is 10.0. The van der Waals surface area contributed by atoms with E-state index in [-0.39, 0.29) is 5.91 Å². The molecule has 3 heteroatoms. The number of amides is 1. The fourth-order valence-corrected chi connectivity index (χ4v) is 2.34. The highest BCUT2D eigenvalue weighted by Gasteiger charge is 2.02. The number of unbranched alkanes of at least 4 members (excludes halogenated alkanes) is 2. The highest BCUT2D eigenvalue weighted by molar-refractivity contribution is 5.99. The van der Waals surface area contributed by atoms with Gasteiger partial charge in [0.05, 0.1) is 5.71 Å². The van der Waals surface area contributed by atoms with E-state index in [4.69, 9.17) is 0 Å². The Labute approximate surface area is 138 Å². The van der Waals surface area contributed by atoms with Crippen LogP contribution in [0.2, 0.25) is 0 Å². The third kappa shape index (κ3) is 5.37. The zero-order valence-corrected chi connectivity index (χ0v) is 13.9. The number of nitrogens with zero attached hydrogens (tertiary/aromatic N) is 1. The minimum Gasteiger partial charge on any atom is -0.273 e. The lowest BCUT2D eigenvalue weighted by Gasteiger charge is -2.05. The fraction of sp³-hybridized carbons (Fsp3) is 0.300. The molecule has 0 saturated carbocycles. The van der Waals surface area contributed by atoms with Crippen molar-refractivity contribution in [2.24, 2.45) is 5.10 Å². The van der Waals surface area contributed by atoms with Crippen LogP contribution in [0.15, 0.2) is 59.7 Å². The first-order chi connectivity index (χ1) is 11.2. The number of carbonyl (C=O) groups is 1. The number of carbonyl (C=O) groups excluding carboxylic acids is 1. The van der Waals surface area contributed by atoms with Crippen LogP contribution >= 0.6 is 0 Å². The Morgan fingerprint density at radius 3 is 2.26 bits per heavy atom. The summed E-state index contributed by atoms with van der Waals surface area (Å²) in [6.07, 6.45) is 3.65. The summed E-state index contributed by atoms with van der Waals surface area (Å²) in [5, 5.41) is 4.19. The van der Waals surface area contributed by atoms with Gasteiger partial charge in [0.25, 0.3) is 0 Å². The van der Waals surface area contributed by atoms with Gasteiger partial charge in [0, 0.05) is 6.42 Å². The Balaban J connectivity index is 1.96. The maximum Gasteiger partial charge on any atom is 0.240 e. The van der Waals surface area contributed by atoms with E-state index >= 15 is 0 Å². The van der Waals surface area contributed by atoms with Crippen LogP contribution in [0.4, 0.5) is 0 Å². The minimum atomic E-state index is -0.0151. The third-order valence-corrected chi connectivity index (χ3v) is 3.77. The fourth-order valence-electron chi connectivity index (χ4n) is 2.34. The number of hydrogen-bond donors (Lipinski definition) is 1. The SMILES string of the molecule is CCCCCC(=O)N/N=C(/C)c1ccc(-c2ccccc2)cc1. The van der Waals surface area contributed by atoms with E-state index in [1.807, 2.05) is 37.3 Å². The zero-order valence-electron chi connectivity index (χ0n) is 13.9. The van der Waals surface area contributed by atoms with Crippen molar-refractivity contribution in [3.05, 3.63) is 60.2 Å². The Morgan fingerprint density at radius 2 is 1.61 bits per heavy atom. The summed E-state index contributed by atoms with van der Waals surface area (Å²) in [6, 6.07) is 18.5. The van der Waals surface area contributed by atoms with Crippen LogP contribution in [-0.2, 0) is 4.79 Å². The van der Waals surface area contributed by atoms with Crippen molar-refractivity contribution >= 4 is 11.6 Å². The summed E-state index contributed by atoms with van der Waals surface area (Å²) < 4.78 is 0. The largest absolute Gasteiger partial charge is 0.273 e. The van der Waals surface area contributed by atoms with E-state index in [1.54, 1.807) is 0 Å². The van der Waals surface area contributed by atoms with E-state index in [2.05, 4.69) is 41.7 Å². The normalized spacial score (nSPS) is 11.3. The average molecular weight is 308 g/mol. The van der Waals surface area contributed by atoms with Crippen molar-refractivity contribution in [2.75, 3.05) is 0 Å². The van der Waals surface area contributed by atoms with Crippen molar-refractivity contribution in [1.29, 1.82) is 0 Å². The molecule has 0 radical (unpaired) electrons. The van der Waals surface area contributed by atoms with Gasteiger partial charge in [0.15, 0.2) is 0 Å². The molecule has 0 heterocycles. The first-order valence-corrected chi connectivity index (χ1v) is 8.19. The van der Waals surface area contributed by atoms with Gasteiger partial charge in [-0.2, -0.15) is 5.10 Å². The van der Waals surface area contributed by atoms with Gasteiger partial charge < -0.3 is 0 Å². The molecule has 0 fully saturated rings. The van der Waals surface area contributed by atoms with Gasteiger partial charge in [-0.3, -0.25) is 4.79 Å². The quantitative estimate of drug-likeness (QED) is 0.446. The predicted molar refractivity (Wildman–Crippen MR) is 96.4 cm³/mol. The van der Waals surface area contributed by atoms with E-state index in [0.29, 0.717) is 6.42 Å². The van der Waals surface area contributed by atoms with Crippen LogP contribution in [0, 0.1) is 0 Å². The van der Waals surface area contributed by atoms with Crippen molar-refractivity contribution in [3.8, 4) is 11.1 Å². The van der Waals surface area contributed by atoms with Gasteiger partial charge in [-0.15, -0.1) is 0 Å². The van der Waals surface area contributed by atoms with Crippen molar-refractivity contribution in [3.63, 3.8) is 0 Å². The molecule has 3 nitrogen and oxygen atoms in total. The monoisotopic (exact) mass is 308 g/mol. The van der Waals surface area contributed by atoms with E-state index in [0.717, 1.165) is 30.5 Å². The zero-order chi connectivity index (χ0) is 16.5. The lowest BCUT2D eigenvalue weighted by molar-refractivity contribution is -0.121. The molecular weight excluding hydrogens is 284 g/mol. The maximum absolute atomic E-state index is 11.7. The van der Waals surface area contributed by atoms with Crippen LogP contribution < -0.4 is 5.43 Å². The van der Waals surface area contributed by atoms with E-state index < -0.39 is 0 Å². The molecule has 0 unspecified atom stereocenters. The second-order valence-electron chi connectivity index (χ2n) is 5.63. The predicted octanol–water partition coefficient (Wildman–Crippen LogP) is 4.77. The summed E-state index contributed by atoms with van der Waals surface area (Å²) in [5.74, 6) is -0.0151. The van der Waals surface area contributed by atoms with Crippen LogP contribution in [0.5, 0.6) is 0 Å². The Hall–Kier alpha value is -2.42. The number of nitrogens with one attached hydrogen (secondary N) is 1. The van der Waals surface area contributed by atoms with Crippen molar-refractivity contribution < 1.29 is 4.79 Å². The molecule has 0 bridgehead atoms. The molecule has 1 amide bonds. The first kappa shape index (κ1) is 16.9. The summed E-state index contributed by atoms with van der Waals surface area (Å²) in [4.78, 5) is 11.7. The lowest BCUT2D eigenvalue weighted by Crippen LogP contribution is -2.18. The van der Waals surface area contributed by atoms with Gasteiger partial charge >= 0.3 is 0 Å². The summed E-state index contributed by atoms with van der Waals surface area (Å²) in [7, 11) is 0. The molecule has 0 aliphatic carbocycles. The molecule has 0 saturated heterocycles. The highest BCUT2D eigenvalue weighted by atomic mass is 16.2. The van der Waals surface area contributed by atoms with Crippen molar-refractivity contribution in [2.45, 2.75) is 39.5 Å². The molecule has 120 valence electrons. The number of hydrazone groups is 1. The smallest absolute Gasteiger partial charge is 0.240 e. The molecular formula is C20H24N2O. The molecule has 0 aliphatic rings. The molecule has 1 N–H and O–H groups in total. The third-order valence-electron chi connectivity index (χ3n) is 3.77. The van der Waals surface area contributed by atoms with E-state index in [9.17, 15) is 4.79 Å². The average Bonchev–Trinajstić information content (AvgIpc) is 2.61. The molecule has 0 atom stereocenters. The molecule has 0 spiro atoms. The first-order valence-electron chi connectivity index (χ1n) is 8.19. The Kier molecular flexibility index (Phi) is 6.55. The van der Waals surface area contributed by atoms with Crippen LogP contribution in [0.1, 0.15) is 45.1 Å².